The van der Waals surface area contributed by atoms with Crippen LogP contribution in [0.3, 0.4) is 0 Å². The number of likely N-dealkylation sites (tertiary alicyclic amines) is 1. The van der Waals surface area contributed by atoms with Crippen LogP contribution in [0, 0.1) is 11.8 Å². The quantitative estimate of drug-likeness (QED) is 0.628. The molecule has 2 fully saturated rings. The number of nitrogens with zero attached hydrogens (tertiary/aromatic N) is 2. The molecule has 9 nitrogen and oxygen atoms in total. The summed E-state index contributed by atoms with van der Waals surface area (Å²) in [5, 5.41) is 5.96. The van der Waals surface area contributed by atoms with E-state index in [4.69, 9.17) is 33.1 Å². The highest BCUT2D eigenvalue weighted by Gasteiger charge is 2.45. The Morgan fingerprint density at radius 2 is 1.42 bits per heavy atom. The number of hydrogen-bond donors (Lipinski definition) is 1. The summed E-state index contributed by atoms with van der Waals surface area (Å²) < 4.78 is 55.5. The lowest BCUT2D eigenvalue weighted by Crippen LogP contribution is -2.35. The first-order chi connectivity index (χ1) is 15.4. The van der Waals surface area contributed by atoms with Gasteiger partial charge in [0.05, 0.1) is 9.79 Å². The van der Waals surface area contributed by atoms with Gasteiger partial charge in [-0.25, -0.2) is 26.8 Å². The van der Waals surface area contributed by atoms with Crippen molar-refractivity contribution in [2.75, 3.05) is 26.2 Å². The van der Waals surface area contributed by atoms with E-state index in [1.54, 1.807) is 23.1 Å². The zero-order valence-corrected chi connectivity index (χ0v) is 20.4. The molecule has 2 aromatic carbocycles. The van der Waals surface area contributed by atoms with Crippen molar-refractivity contribution in [3.63, 3.8) is 0 Å². The monoisotopic (exact) mass is 533 g/mol. The first-order valence-electron chi connectivity index (χ1n) is 9.93. The van der Waals surface area contributed by atoms with Gasteiger partial charge in [-0.2, -0.15) is 4.31 Å². The average Bonchev–Trinajstić information content (AvgIpc) is 3.31. The van der Waals surface area contributed by atoms with E-state index in [0.29, 0.717) is 28.7 Å². The van der Waals surface area contributed by atoms with Crippen LogP contribution in [0.25, 0.3) is 0 Å². The van der Waals surface area contributed by atoms with Crippen LogP contribution in [-0.4, -0.2) is 58.3 Å². The van der Waals surface area contributed by atoms with E-state index in [-0.39, 0.29) is 41.3 Å². The van der Waals surface area contributed by atoms with Crippen molar-refractivity contribution in [3.8, 4) is 0 Å². The first kappa shape index (κ1) is 24.2. The number of amides is 1. The molecular weight excluding hydrogens is 513 g/mol. The third-order valence-electron chi connectivity index (χ3n) is 5.79. The molecule has 0 saturated carbocycles. The fourth-order valence-electron chi connectivity index (χ4n) is 4.18. The third-order valence-corrected chi connectivity index (χ3v) is 9.00. The normalized spacial score (nSPS) is 21.2. The van der Waals surface area contributed by atoms with E-state index in [0.717, 1.165) is 0 Å². The van der Waals surface area contributed by atoms with Crippen molar-refractivity contribution < 1.29 is 26.4 Å². The number of halogens is 2. The maximum absolute atomic E-state index is 13.0. The highest BCUT2D eigenvalue weighted by molar-refractivity contribution is 7.89. The molecule has 2 atom stereocenters. The largest absolute Gasteiger partial charge is 0.445 e. The molecule has 2 aromatic rings. The van der Waals surface area contributed by atoms with Crippen LogP contribution < -0.4 is 5.14 Å². The number of nitrogens with two attached hydrogens (primary N) is 1. The number of rotatable bonds is 5. The minimum atomic E-state index is -3.91. The van der Waals surface area contributed by atoms with Gasteiger partial charge in [0, 0.05) is 36.2 Å². The van der Waals surface area contributed by atoms with Crippen molar-refractivity contribution in [2.24, 2.45) is 17.0 Å². The Hall–Kier alpha value is -1.89. The van der Waals surface area contributed by atoms with Crippen molar-refractivity contribution >= 4 is 49.3 Å². The van der Waals surface area contributed by atoms with Crippen molar-refractivity contribution in [3.05, 3.63) is 58.1 Å². The minimum absolute atomic E-state index is 0.00804. The fraction of sp³-hybridized carbons (Fsp3) is 0.350. The molecule has 2 N–H and O–H groups in total. The zero-order chi connectivity index (χ0) is 24.0. The lowest BCUT2D eigenvalue weighted by molar-refractivity contribution is 0.101. The molecule has 2 saturated heterocycles. The molecule has 0 aromatic heterocycles. The van der Waals surface area contributed by atoms with Crippen LogP contribution in [0.2, 0.25) is 10.0 Å². The molecule has 2 aliphatic rings. The van der Waals surface area contributed by atoms with Gasteiger partial charge >= 0.3 is 6.09 Å². The highest BCUT2D eigenvalue weighted by atomic mass is 35.5. The number of sulfonamides is 2. The van der Waals surface area contributed by atoms with Gasteiger partial charge in [0.15, 0.2) is 0 Å². The Morgan fingerprint density at radius 3 is 1.94 bits per heavy atom. The summed E-state index contributed by atoms with van der Waals surface area (Å²) in [7, 11) is -7.71. The molecule has 0 radical (unpaired) electrons. The molecule has 0 unspecified atom stereocenters. The van der Waals surface area contributed by atoms with Crippen LogP contribution in [0.5, 0.6) is 0 Å². The Kier molecular flexibility index (Phi) is 6.64. The van der Waals surface area contributed by atoms with Gasteiger partial charge in [-0.1, -0.05) is 23.2 Å². The summed E-state index contributed by atoms with van der Waals surface area (Å²) in [6, 6.07) is 9.72. The van der Waals surface area contributed by atoms with Gasteiger partial charge in [-0.3, -0.25) is 0 Å². The second-order valence-corrected chi connectivity index (χ2v) is 12.5. The van der Waals surface area contributed by atoms with Crippen molar-refractivity contribution in [2.45, 2.75) is 16.4 Å². The van der Waals surface area contributed by atoms with Gasteiger partial charge in [0.1, 0.15) is 6.61 Å². The molecule has 33 heavy (non-hydrogen) atoms. The Morgan fingerprint density at radius 1 is 0.909 bits per heavy atom. The minimum Gasteiger partial charge on any atom is -0.445 e. The molecular formula is C20H21Cl2N3O6S2. The molecule has 0 spiro atoms. The molecule has 2 heterocycles. The van der Waals surface area contributed by atoms with Crippen LogP contribution in [0.15, 0.2) is 52.3 Å². The number of fused-ring (bicyclic) bond motifs is 1. The number of carbonyl (C=O) groups excluding carboxylic acids is 1. The molecule has 178 valence electrons. The standard InChI is InChI=1S/C20H21Cl2N3O6S2/c21-16-5-13(6-17(22)7-16)12-31-20(26)24-8-14-10-25(11-15(14)9-24)33(29,30)19-3-1-18(2-4-19)32(23,27)28/h1-7,14-15H,8-12H2,(H2,23,27,28)/t14-,15-/m0/s1. The maximum Gasteiger partial charge on any atom is 0.410 e. The first-order valence-corrected chi connectivity index (χ1v) is 13.7. The molecule has 4 rings (SSSR count). The number of benzene rings is 2. The van der Waals surface area contributed by atoms with Gasteiger partial charge < -0.3 is 9.64 Å². The Bertz CT molecular complexity index is 1250. The lowest BCUT2D eigenvalue weighted by atomic mass is 10.0. The number of ether oxygens (including phenoxy) is 1. The average molecular weight is 534 g/mol. The van der Waals surface area contributed by atoms with E-state index in [9.17, 15) is 21.6 Å². The summed E-state index contributed by atoms with van der Waals surface area (Å²) in [5.74, 6) is -0.0340. The number of primary sulfonamides is 1. The van der Waals surface area contributed by atoms with Crippen LogP contribution in [-0.2, 0) is 31.4 Å². The van der Waals surface area contributed by atoms with Crippen molar-refractivity contribution in [1.82, 2.24) is 9.21 Å². The smallest absolute Gasteiger partial charge is 0.410 e. The predicted octanol–water partition coefficient (Wildman–Crippen LogP) is 2.53. The zero-order valence-electron chi connectivity index (χ0n) is 17.2. The molecule has 2 aliphatic heterocycles. The number of carbonyl (C=O) groups is 1. The molecule has 13 heteroatoms. The lowest BCUT2D eigenvalue weighted by Gasteiger charge is -2.21. The van der Waals surface area contributed by atoms with Gasteiger partial charge in [-0.05, 0) is 59.9 Å². The molecule has 0 aliphatic carbocycles. The van der Waals surface area contributed by atoms with Crippen LogP contribution in [0.4, 0.5) is 4.79 Å². The van der Waals surface area contributed by atoms with E-state index in [1.165, 1.54) is 28.6 Å². The second-order valence-electron chi connectivity index (χ2n) is 8.10. The summed E-state index contributed by atoms with van der Waals surface area (Å²) in [4.78, 5) is 13.9. The maximum atomic E-state index is 13.0. The second kappa shape index (κ2) is 9.05. The van der Waals surface area contributed by atoms with E-state index < -0.39 is 26.1 Å². The summed E-state index contributed by atoms with van der Waals surface area (Å²) >= 11 is 11.9. The summed E-state index contributed by atoms with van der Waals surface area (Å²) in [6.45, 7) is 1.32. The Balaban J connectivity index is 1.35. The van der Waals surface area contributed by atoms with Crippen molar-refractivity contribution in [1.29, 1.82) is 0 Å². The highest BCUT2D eigenvalue weighted by Crippen LogP contribution is 2.34. The topological polar surface area (TPSA) is 127 Å². The number of hydrogen-bond acceptors (Lipinski definition) is 6. The van der Waals surface area contributed by atoms with Gasteiger partial charge in [0.25, 0.3) is 0 Å². The summed E-state index contributed by atoms with van der Waals surface area (Å²) in [5.41, 5.74) is 0.672. The third kappa shape index (κ3) is 5.28. The van der Waals surface area contributed by atoms with Crippen LogP contribution in [0.1, 0.15) is 5.56 Å². The fourth-order valence-corrected chi connectivity index (χ4v) is 6.82. The Labute approximate surface area is 202 Å². The molecule has 1 amide bonds. The summed E-state index contributed by atoms with van der Waals surface area (Å²) in [6.07, 6.45) is -0.478. The van der Waals surface area contributed by atoms with Gasteiger partial charge in [0.2, 0.25) is 20.0 Å². The van der Waals surface area contributed by atoms with E-state index in [1.807, 2.05) is 0 Å². The van der Waals surface area contributed by atoms with E-state index >= 15 is 0 Å². The SMILES string of the molecule is NS(=O)(=O)c1ccc(S(=O)(=O)N2C[C@@H]3CN(C(=O)OCc4cc(Cl)cc(Cl)c4)C[C@H]3C2)cc1. The van der Waals surface area contributed by atoms with E-state index in [2.05, 4.69) is 0 Å². The molecule has 0 bridgehead atoms. The predicted molar refractivity (Wildman–Crippen MR) is 122 cm³/mol. The van der Waals surface area contributed by atoms with Gasteiger partial charge in [-0.15, -0.1) is 0 Å². The van der Waals surface area contributed by atoms with Crippen LogP contribution >= 0.6 is 23.2 Å².